The summed E-state index contributed by atoms with van der Waals surface area (Å²) in [5, 5.41) is 22.6. The number of benzene rings is 2. The van der Waals surface area contributed by atoms with Gasteiger partial charge in [0.15, 0.2) is 0 Å². The third-order valence-corrected chi connectivity index (χ3v) is 4.06. The van der Waals surface area contributed by atoms with Crippen molar-refractivity contribution in [1.82, 2.24) is 5.32 Å². The van der Waals surface area contributed by atoms with Gasteiger partial charge in [-0.1, -0.05) is 36.4 Å². The first-order chi connectivity index (χ1) is 9.55. The van der Waals surface area contributed by atoms with Crippen molar-refractivity contribution in [2.24, 2.45) is 0 Å². The van der Waals surface area contributed by atoms with Gasteiger partial charge in [0.05, 0.1) is 16.6 Å². The van der Waals surface area contributed by atoms with Crippen LogP contribution in [0.4, 0.5) is 0 Å². The van der Waals surface area contributed by atoms with Gasteiger partial charge in [0, 0.05) is 6.54 Å². The number of rotatable bonds is 5. The van der Waals surface area contributed by atoms with E-state index in [1.165, 1.54) is 0 Å². The van der Waals surface area contributed by atoms with E-state index in [2.05, 4.69) is 21.2 Å². The zero-order valence-electron chi connectivity index (χ0n) is 11.3. The molecule has 1 unspecified atom stereocenters. The Hall–Kier alpha value is -1.36. The zero-order chi connectivity index (χ0) is 14.6. The van der Waals surface area contributed by atoms with Crippen LogP contribution in [0.5, 0.6) is 5.75 Å². The average Bonchev–Trinajstić information content (AvgIpc) is 2.49. The molecular weight excluding hydrogens is 318 g/mol. The summed E-state index contributed by atoms with van der Waals surface area (Å²) in [5.41, 5.74) is 1.58. The fourth-order valence-corrected chi connectivity index (χ4v) is 2.44. The Morgan fingerprint density at radius 1 is 1.15 bits per heavy atom. The summed E-state index contributed by atoms with van der Waals surface area (Å²) in [7, 11) is 0. The van der Waals surface area contributed by atoms with Crippen molar-refractivity contribution >= 4 is 15.9 Å². The van der Waals surface area contributed by atoms with Crippen molar-refractivity contribution < 1.29 is 10.2 Å². The number of phenolic OH excluding ortho intramolecular Hbond substituents is 1. The van der Waals surface area contributed by atoms with Crippen LogP contribution < -0.4 is 5.32 Å². The fourth-order valence-electron chi connectivity index (χ4n) is 2.01. The molecule has 1 atom stereocenters. The molecule has 0 fully saturated rings. The fraction of sp³-hybridized carbons (Fsp3) is 0.250. The van der Waals surface area contributed by atoms with E-state index in [4.69, 9.17) is 0 Å². The van der Waals surface area contributed by atoms with Gasteiger partial charge in [0.2, 0.25) is 0 Å². The lowest BCUT2D eigenvalue weighted by Crippen LogP contribution is -2.42. The van der Waals surface area contributed by atoms with Crippen molar-refractivity contribution in [1.29, 1.82) is 0 Å². The maximum absolute atomic E-state index is 9.70. The topological polar surface area (TPSA) is 52.5 Å². The van der Waals surface area contributed by atoms with Crippen LogP contribution in [-0.2, 0) is 12.1 Å². The molecule has 20 heavy (non-hydrogen) atoms. The van der Waals surface area contributed by atoms with Gasteiger partial charge in [0.1, 0.15) is 5.75 Å². The van der Waals surface area contributed by atoms with Crippen molar-refractivity contribution in [2.75, 3.05) is 6.61 Å². The largest absolute Gasteiger partial charge is 0.507 e. The van der Waals surface area contributed by atoms with E-state index in [0.29, 0.717) is 11.0 Å². The van der Waals surface area contributed by atoms with E-state index in [-0.39, 0.29) is 12.4 Å². The molecule has 0 radical (unpaired) electrons. The lowest BCUT2D eigenvalue weighted by Gasteiger charge is -2.29. The van der Waals surface area contributed by atoms with E-state index in [0.717, 1.165) is 11.1 Å². The SMILES string of the molecule is CC(CO)(NCc1ccc(O)c(Br)c1)c1ccccc1. The third-order valence-electron chi connectivity index (χ3n) is 3.42. The number of aliphatic hydroxyl groups excluding tert-OH is 1. The van der Waals surface area contributed by atoms with Crippen molar-refractivity contribution in [3.63, 3.8) is 0 Å². The van der Waals surface area contributed by atoms with Gasteiger partial charge in [-0.25, -0.2) is 0 Å². The quantitative estimate of drug-likeness (QED) is 0.786. The highest BCUT2D eigenvalue weighted by molar-refractivity contribution is 9.10. The van der Waals surface area contributed by atoms with Gasteiger partial charge < -0.3 is 15.5 Å². The number of aromatic hydroxyl groups is 1. The first-order valence-electron chi connectivity index (χ1n) is 6.44. The highest BCUT2D eigenvalue weighted by atomic mass is 79.9. The summed E-state index contributed by atoms with van der Waals surface area (Å²) in [6, 6.07) is 15.2. The van der Waals surface area contributed by atoms with Crippen LogP contribution in [0, 0.1) is 0 Å². The summed E-state index contributed by atoms with van der Waals surface area (Å²) in [4.78, 5) is 0. The van der Waals surface area contributed by atoms with E-state index in [9.17, 15) is 10.2 Å². The average molecular weight is 336 g/mol. The minimum absolute atomic E-state index is 0.0102. The predicted octanol–water partition coefficient (Wildman–Crippen LogP) is 3.15. The zero-order valence-corrected chi connectivity index (χ0v) is 12.9. The van der Waals surface area contributed by atoms with Crippen molar-refractivity contribution in [2.45, 2.75) is 19.0 Å². The lowest BCUT2D eigenvalue weighted by atomic mass is 9.92. The summed E-state index contributed by atoms with van der Waals surface area (Å²) >= 11 is 3.30. The number of phenols is 1. The Balaban J connectivity index is 2.13. The summed E-state index contributed by atoms with van der Waals surface area (Å²) in [6.45, 7) is 2.58. The molecule has 0 aliphatic rings. The molecule has 0 aromatic heterocycles. The van der Waals surface area contributed by atoms with E-state index in [1.807, 2.05) is 49.4 Å². The molecule has 0 aliphatic heterocycles. The second-order valence-corrected chi connectivity index (χ2v) is 5.85. The van der Waals surface area contributed by atoms with Crippen LogP contribution in [0.2, 0.25) is 0 Å². The molecule has 0 bridgehead atoms. The number of aliphatic hydroxyl groups is 1. The predicted molar refractivity (Wildman–Crippen MR) is 83.5 cm³/mol. The van der Waals surface area contributed by atoms with Crippen molar-refractivity contribution in [3.8, 4) is 5.75 Å². The molecule has 0 aliphatic carbocycles. The highest BCUT2D eigenvalue weighted by Gasteiger charge is 2.24. The minimum Gasteiger partial charge on any atom is -0.507 e. The Morgan fingerprint density at radius 2 is 1.85 bits per heavy atom. The number of halogens is 1. The molecule has 2 aromatic carbocycles. The Morgan fingerprint density at radius 3 is 2.45 bits per heavy atom. The smallest absolute Gasteiger partial charge is 0.129 e. The maximum Gasteiger partial charge on any atom is 0.129 e. The van der Waals surface area contributed by atoms with Gasteiger partial charge in [-0.3, -0.25) is 0 Å². The number of nitrogens with one attached hydrogen (secondary N) is 1. The Bertz CT molecular complexity index is 574. The molecule has 3 N–H and O–H groups in total. The van der Waals surface area contributed by atoms with Gasteiger partial charge >= 0.3 is 0 Å². The lowest BCUT2D eigenvalue weighted by molar-refractivity contribution is 0.173. The summed E-state index contributed by atoms with van der Waals surface area (Å²) < 4.78 is 0.669. The molecule has 0 spiro atoms. The maximum atomic E-state index is 9.70. The molecule has 0 saturated heterocycles. The van der Waals surface area contributed by atoms with Crippen LogP contribution in [-0.4, -0.2) is 16.8 Å². The van der Waals surface area contributed by atoms with E-state index < -0.39 is 5.54 Å². The van der Waals surface area contributed by atoms with Crippen molar-refractivity contribution in [3.05, 3.63) is 64.1 Å². The van der Waals surface area contributed by atoms with Crippen LogP contribution >= 0.6 is 15.9 Å². The second kappa shape index (κ2) is 6.39. The molecule has 0 heterocycles. The van der Waals surface area contributed by atoms with Gasteiger partial charge in [0.25, 0.3) is 0 Å². The molecule has 106 valence electrons. The normalized spacial score (nSPS) is 13.9. The Kier molecular flexibility index (Phi) is 4.81. The van der Waals surface area contributed by atoms with Crippen LogP contribution in [0.15, 0.2) is 53.0 Å². The molecule has 2 rings (SSSR count). The third kappa shape index (κ3) is 3.39. The molecular formula is C16H18BrNO2. The van der Waals surface area contributed by atoms with E-state index in [1.54, 1.807) is 6.07 Å². The first kappa shape index (κ1) is 15.0. The van der Waals surface area contributed by atoms with Gasteiger partial charge in [-0.15, -0.1) is 0 Å². The van der Waals surface area contributed by atoms with Gasteiger partial charge in [-0.05, 0) is 46.1 Å². The van der Waals surface area contributed by atoms with Crippen LogP contribution in [0.3, 0.4) is 0 Å². The standard InChI is InChI=1S/C16H18BrNO2/c1-16(11-19,13-5-3-2-4-6-13)18-10-12-7-8-15(20)14(17)9-12/h2-9,18-20H,10-11H2,1H3. The Labute approximate surface area is 127 Å². The molecule has 0 saturated carbocycles. The summed E-state index contributed by atoms with van der Waals surface area (Å²) in [6.07, 6.45) is 0. The monoisotopic (exact) mass is 335 g/mol. The van der Waals surface area contributed by atoms with E-state index >= 15 is 0 Å². The first-order valence-corrected chi connectivity index (χ1v) is 7.23. The van der Waals surface area contributed by atoms with Crippen LogP contribution in [0.25, 0.3) is 0 Å². The van der Waals surface area contributed by atoms with Crippen LogP contribution in [0.1, 0.15) is 18.1 Å². The highest BCUT2D eigenvalue weighted by Crippen LogP contribution is 2.25. The molecule has 2 aromatic rings. The van der Waals surface area contributed by atoms with Gasteiger partial charge in [-0.2, -0.15) is 0 Å². The minimum atomic E-state index is -0.494. The molecule has 0 amide bonds. The summed E-state index contributed by atoms with van der Waals surface area (Å²) in [5.74, 6) is 0.224. The molecule has 3 nitrogen and oxygen atoms in total. The number of hydrogen-bond acceptors (Lipinski definition) is 3. The second-order valence-electron chi connectivity index (χ2n) is 5.00. The number of hydrogen-bond donors (Lipinski definition) is 3. The molecule has 4 heteroatoms.